The fourth-order valence-electron chi connectivity index (χ4n) is 3.42. The molecule has 0 amide bonds. The van der Waals surface area contributed by atoms with Crippen molar-refractivity contribution in [3.8, 4) is 0 Å². The number of carbonyl (C=O) groups excluding carboxylic acids is 1. The lowest BCUT2D eigenvalue weighted by molar-refractivity contribution is 0.103. The third-order valence-electron chi connectivity index (χ3n) is 5.23. The molecule has 0 saturated carbocycles. The Hall–Kier alpha value is -4.11. The van der Waals surface area contributed by atoms with E-state index in [1.165, 1.54) is 0 Å². The monoisotopic (exact) mass is 416 g/mol. The number of aryl methyl sites for hydroxylation is 2. The number of nitrogens with zero attached hydrogens (tertiary/aromatic N) is 2. The van der Waals surface area contributed by atoms with Crippen LogP contribution in [0.3, 0.4) is 0 Å². The molecule has 0 saturated heterocycles. The third kappa shape index (κ3) is 4.96. The van der Waals surface area contributed by atoms with E-state index in [1.807, 2.05) is 117 Å². The highest BCUT2D eigenvalue weighted by molar-refractivity contribution is 6.21. The number of carbonyl (C=O) groups is 1. The Balaban J connectivity index is 1.80. The molecule has 32 heavy (non-hydrogen) atoms. The van der Waals surface area contributed by atoms with Crippen molar-refractivity contribution in [3.63, 3.8) is 0 Å². The van der Waals surface area contributed by atoms with Gasteiger partial charge in [0, 0.05) is 22.3 Å². The molecule has 156 valence electrons. The van der Waals surface area contributed by atoms with Crippen LogP contribution in [0.2, 0.25) is 0 Å². The van der Waals surface area contributed by atoms with Crippen LogP contribution in [-0.4, -0.2) is 17.7 Å². The molecule has 0 aliphatic rings. The lowest BCUT2D eigenvalue weighted by atomic mass is 9.92. The summed E-state index contributed by atoms with van der Waals surface area (Å²) < 4.78 is 0. The molecule has 0 radical (unpaired) electrons. The van der Waals surface area contributed by atoms with Crippen molar-refractivity contribution in [3.05, 3.63) is 142 Å². The van der Waals surface area contributed by atoms with Gasteiger partial charge in [0.1, 0.15) is 5.71 Å². The second-order valence-corrected chi connectivity index (χ2v) is 7.71. The van der Waals surface area contributed by atoms with Crippen LogP contribution in [0.1, 0.15) is 43.7 Å². The Labute approximate surface area is 188 Å². The molecule has 0 fully saturated rings. The first-order valence-corrected chi connectivity index (χ1v) is 10.6. The summed E-state index contributed by atoms with van der Waals surface area (Å²) in [7, 11) is 0. The van der Waals surface area contributed by atoms with Crippen molar-refractivity contribution in [1.82, 2.24) is 0 Å². The average molecular weight is 417 g/mol. The zero-order valence-corrected chi connectivity index (χ0v) is 18.2. The maximum absolute atomic E-state index is 13.4. The molecule has 0 unspecified atom stereocenters. The highest BCUT2D eigenvalue weighted by atomic mass is 16.1. The van der Waals surface area contributed by atoms with Crippen molar-refractivity contribution in [2.75, 3.05) is 0 Å². The zero-order valence-electron chi connectivity index (χ0n) is 18.2. The standard InChI is InChI=1S/C29H24N2O/c1-21-12-16-24(17-13-21)28(31-30-20-23-8-4-3-5-9-23)26-10-6-7-11-27(26)29(32)25-18-14-22(2)15-19-25/h3-20H,1-2H3/b30-20+,31-28+. The highest BCUT2D eigenvalue weighted by Gasteiger charge is 2.18. The molecule has 4 aromatic rings. The van der Waals surface area contributed by atoms with E-state index >= 15 is 0 Å². The summed E-state index contributed by atoms with van der Waals surface area (Å²) in [5.41, 5.74) is 6.82. The number of benzene rings is 4. The summed E-state index contributed by atoms with van der Waals surface area (Å²) >= 11 is 0. The van der Waals surface area contributed by atoms with Gasteiger partial charge in [0.15, 0.2) is 5.78 Å². The van der Waals surface area contributed by atoms with E-state index in [2.05, 4.69) is 10.2 Å². The minimum Gasteiger partial charge on any atom is -0.289 e. The summed E-state index contributed by atoms with van der Waals surface area (Å²) in [5.74, 6) is -0.0348. The summed E-state index contributed by atoms with van der Waals surface area (Å²) in [6.07, 6.45) is 1.72. The summed E-state index contributed by atoms with van der Waals surface area (Å²) in [4.78, 5) is 13.4. The number of ketones is 1. The molecule has 0 N–H and O–H groups in total. The summed E-state index contributed by atoms with van der Waals surface area (Å²) in [5, 5.41) is 8.93. The Kier molecular flexibility index (Phi) is 6.47. The predicted octanol–water partition coefficient (Wildman–Crippen LogP) is 6.41. The molecule has 0 aromatic heterocycles. The van der Waals surface area contributed by atoms with E-state index in [-0.39, 0.29) is 5.78 Å². The van der Waals surface area contributed by atoms with E-state index in [0.717, 1.165) is 27.8 Å². The Morgan fingerprint density at radius 2 is 1.16 bits per heavy atom. The normalized spacial score (nSPS) is 11.6. The van der Waals surface area contributed by atoms with Crippen LogP contribution in [0.5, 0.6) is 0 Å². The fourth-order valence-corrected chi connectivity index (χ4v) is 3.42. The van der Waals surface area contributed by atoms with Crippen molar-refractivity contribution in [2.24, 2.45) is 10.2 Å². The van der Waals surface area contributed by atoms with Gasteiger partial charge in [-0.05, 0) is 19.4 Å². The van der Waals surface area contributed by atoms with Crippen molar-refractivity contribution < 1.29 is 4.79 Å². The van der Waals surface area contributed by atoms with Gasteiger partial charge in [-0.3, -0.25) is 4.79 Å². The van der Waals surface area contributed by atoms with Crippen LogP contribution in [0.25, 0.3) is 0 Å². The minimum absolute atomic E-state index is 0.0348. The molecule has 4 rings (SSSR count). The Morgan fingerprint density at radius 1 is 0.625 bits per heavy atom. The van der Waals surface area contributed by atoms with Crippen molar-refractivity contribution in [1.29, 1.82) is 0 Å². The van der Waals surface area contributed by atoms with E-state index < -0.39 is 0 Å². The van der Waals surface area contributed by atoms with Gasteiger partial charge in [0.25, 0.3) is 0 Å². The van der Waals surface area contributed by atoms with Gasteiger partial charge >= 0.3 is 0 Å². The van der Waals surface area contributed by atoms with Crippen LogP contribution in [-0.2, 0) is 0 Å². The minimum atomic E-state index is -0.0348. The van der Waals surface area contributed by atoms with Gasteiger partial charge in [-0.2, -0.15) is 5.10 Å². The molecule has 0 spiro atoms. The molecular weight excluding hydrogens is 392 g/mol. The van der Waals surface area contributed by atoms with Crippen LogP contribution < -0.4 is 0 Å². The molecule has 0 bridgehead atoms. The first kappa shape index (κ1) is 21.1. The second-order valence-electron chi connectivity index (χ2n) is 7.71. The van der Waals surface area contributed by atoms with E-state index in [0.29, 0.717) is 16.8 Å². The molecule has 3 heteroatoms. The topological polar surface area (TPSA) is 41.8 Å². The quantitative estimate of drug-likeness (QED) is 0.203. The maximum atomic E-state index is 13.4. The SMILES string of the molecule is Cc1ccc(C(=O)c2ccccc2/C(=N/N=C/c2ccccc2)c2ccc(C)cc2)cc1. The van der Waals surface area contributed by atoms with Crippen LogP contribution in [0.4, 0.5) is 0 Å². The molecule has 0 atom stereocenters. The number of hydrogen-bond donors (Lipinski definition) is 0. The van der Waals surface area contributed by atoms with Gasteiger partial charge in [0.05, 0.1) is 6.21 Å². The third-order valence-corrected chi connectivity index (χ3v) is 5.23. The highest BCUT2D eigenvalue weighted by Crippen LogP contribution is 2.20. The van der Waals surface area contributed by atoms with Crippen LogP contribution >= 0.6 is 0 Å². The maximum Gasteiger partial charge on any atom is 0.193 e. The number of rotatable bonds is 6. The molecule has 0 aliphatic carbocycles. The van der Waals surface area contributed by atoms with Crippen LogP contribution in [0.15, 0.2) is 113 Å². The predicted molar refractivity (Wildman–Crippen MR) is 132 cm³/mol. The average Bonchev–Trinajstić information content (AvgIpc) is 2.83. The van der Waals surface area contributed by atoms with Gasteiger partial charge in [0.2, 0.25) is 0 Å². The lowest BCUT2D eigenvalue weighted by Crippen LogP contribution is -2.12. The lowest BCUT2D eigenvalue weighted by Gasteiger charge is -2.12. The molecular formula is C29H24N2O. The van der Waals surface area contributed by atoms with Gasteiger partial charge in [-0.25, -0.2) is 0 Å². The Bertz CT molecular complexity index is 1270. The smallest absolute Gasteiger partial charge is 0.193 e. The van der Waals surface area contributed by atoms with E-state index in [4.69, 9.17) is 0 Å². The molecule has 0 aliphatic heterocycles. The molecule has 4 aromatic carbocycles. The van der Waals surface area contributed by atoms with Crippen molar-refractivity contribution in [2.45, 2.75) is 13.8 Å². The Morgan fingerprint density at radius 3 is 1.78 bits per heavy atom. The fraction of sp³-hybridized carbons (Fsp3) is 0.0690. The van der Waals surface area contributed by atoms with Gasteiger partial charge < -0.3 is 0 Å². The van der Waals surface area contributed by atoms with E-state index in [9.17, 15) is 4.79 Å². The largest absolute Gasteiger partial charge is 0.289 e. The molecule has 3 nitrogen and oxygen atoms in total. The summed E-state index contributed by atoms with van der Waals surface area (Å²) in [6, 6.07) is 33.1. The van der Waals surface area contributed by atoms with E-state index in [1.54, 1.807) is 6.21 Å². The first-order valence-electron chi connectivity index (χ1n) is 10.6. The van der Waals surface area contributed by atoms with Gasteiger partial charge in [-0.15, -0.1) is 5.10 Å². The van der Waals surface area contributed by atoms with Gasteiger partial charge in [-0.1, -0.05) is 114 Å². The second kappa shape index (κ2) is 9.80. The zero-order chi connectivity index (χ0) is 22.3. The summed E-state index contributed by atoms with van der Waals surface area (Å²) in [6.45, 7) is 4.05. The molecule has 0 heterocycles. The van der Waals surface area contributed by atoms with Crippen molar-refractivity contribution >= 4 is 17.7 Å². The number of hydrogen-bond acceptors (Lipinski definition) is 3. The first-order chi connectivity index (χ1) is 15.6. The van der Waals surface area contributed by atoms with Crippen LogP contribution in [0, 0.1) is 13.8 Å².